The van der Waals surface area contributed by atoms with Gasteiger partial charge in [0, 0.05) is 11.7 Å². The van der Waals surface area contributed by atoms with E-state index in [-0.39, 0.29) is 0 Å². The summed E-state index contributed by atoms with van der Waals surface area (Å²) in [5, 5.41) is 3.56. The van der Waals surface area contributed by atoms with Gasteiger partial charge >= 0.3 is 0 Å². The number of rotatable bonds is 15. The Bertz CT molecular complexity index is 210. The second kappa shape index (κ2) is 14.9. The van der Waals surface area contributed by atoms with Crippen molar-refractivity contribution in [1.29, 1.82) is 0 Å². The molecule has 0 rings (SSSR count). The first-order chi connectivity index (χ1) is 9.70. The van der Waals surface area contributed by atoms with Crippen LogP contribution in [0, 0.1) is 0 Å². The van der Waals surface area contributed by atoms with Gasteiger partial charge in [0.1, 0.15) is 0 Å². The number of hydrogen-bond donors (Lipinski definition) is 1. The largest absolute Gasteiger partial charge is 0.386 e. The lowest BCUT2D eigenvalue weighted by Crippen LogP contribution is -2.24. The first kappa shape index (κ1) is 19.5. The Hall–Kier alpha value is -0.460. The van der Waals surface area contributed by atoms with E-state index in [2.05, 4.69) is 32.7 Å². The highest BCUT2D eigenvalue weighted by Crippen LogP contribution is 2.12. The molecule has 1 heteroatoms. The SMILES string of the molecule is C=C(CCCCC)NC(C)CCCCCCCCCC. The van der Waals surface area contributed by atoms with Crippen molar-refractivity contribution in [2.45, 2.75) is 110 Å². The quantitative estimate of drug-likeness (QED) is 0.334. The summed E-state index contributed by atoms with van der Waals surface area (Å²) in [5.41, 5.74) is 1.24. The van der Waals surface area contributed by atoms with Gasteiger partial charge in [-0.3, -0.25) is 0 Å². The maximum atomic E-state index is 4.14. The van der Waals surface area contributed by atoms with Gasteiger partial charge < -0.3 is 5.32 Å². The van der Waals surface area contributed by atoms with Gasteiger partial charge in [-0.15, -0.1) is 0 Å². The molecule has 0 aromatic carbocycles. The first-order valence-corrected chi connectivity index (χ1v) is 9.15. The van der Waals surface area contributed by atoms with Crippen LogP contribution in [0.5, 0.6) is 0 Å². The van der Waals surface area contributed by atoms with Crippen molar-refractivity contribution in [2.24, 2.45) is 0 Å². The predicted octanol–water partition coefficient (Wildman–Crippen LogP) is 6.59. The zero-order valence-electron chi connectivity index (χ0n) is 14.5. The molecule has 1 N–H and O–H groups in total. The molecule has 1 nitrogen and oxygen atoms in total. The van der Waals surface area contributed by atoms with Gasteiger partial charge in [0.15, 0.2) is 0 Å². The van der Waals surface area contributed by atoms with Crippen LogP contribution in [0.2, 0.25) is 0 Å². The Morgan fingerprint density at radius 2 is 1.30 bits per heavy atom. The molecule has 0 aliphatic carbocycles. The third kappa shape index (κ3) is 14.0. The van der Waals surface area contributed by atoms with Crippen LogP contribution in [0.15, 0.2) is 12.3 Å². The highest BCUT2D eigenvalue weighted by molar-refractivity contribution is 4.92. The van der Waals surface area contributed by atoms with Crippen molar-refractivity contribution < 1.29 is 0 Å². The Balaban J connectivity index is 3.31. The van der Waals surface area contributed by atoms with Gasteiger partial charge in [-0.1, -0.05) is 84.6 Å². The minimum atomic E-state index is 0.601. The normalized spacial score (nSPS) is 12.3. The molecule has 0 bridgehead atoms. The van der Waals surface area contributed by atoms with Crippen molar-refractivity contribution in [3.63, 3.8) is 0 Å². The molecule has 0 aromatic rings. The second-order valence-corrected chi connectivity index (χ2v) is 6.37. The molecule has 1 atom stereocenters. The number of unbranched alkanes of at least 4 members (excludes halogenated alkanes) is 9. The first-order valence-electron chi connectivity index (χ1n) is 9.15. The minimum absolute atomic E-state index is 0.601. The monoisotopic (exact) mass is 281 g/mol. The Morgan fingerprint density at radius 3 is 1.90 bits per heavy atom. The highest BCUT2D eigenvalue weighted by atomic mass is 14.9. The summed E-state index contributed by atoms with van der Waals surface area (Å²) in [5.74, 6) is 0. The summed E-state index contributed by atoms with van der Waals surface area (Å²) in [6, 6.07) is 0.601. The van der Waals surface area contributed by atoms with E-state index in [9.17, 15) is 0 Å². The average Bonchev–Trinajstić information content (AvgIpc) is 2.42. The molecule has 0 aromatic heterocycles. The summed E-state index contributed by atoms with van der Waals surface area (Å²) >= 11 is 0. The van der Waals surface area contributed by atoms with Crippen LogP contribution in [0.1, 0.15) is 104 Å². The van der Waals surface area contributed by atoms with Gasteiger partial charge in [0.05, 0.1) is 0 Å². The lowest BCUT2D eigenvalue weighted by atomic mass is 10.0. The lowest BCUT2D eigenvalue weighted by Gasteiger charge is -2.17. The molecule has 120 valence electrons. The second-order valence-electron chi connectivity index (χ2n) is 6.37. The Kier molecular flexibility index (Phi) is 14.6. The van der Waals surface area contributed by atoms with Crippen LogP contribution in [-0.4, -0.2) is 6.04 Å². The molecule has 0 saturated carbocycles. The molecular formula is C19H39N. The maximum absolute atomic E-state index is 4.14. The molecule has 0 fully saturated rings. The Labute approximate surface area is 128 Å². The molecule has 0 saturated heterocycles. The van der Waals surface area contributed by atoms with Crippen molar-refractivity contribution in [3.8, 4) is 0 Å². The van der Waals surface area contributed by atoms with Gasteiger partial charge in [-0.2, -0.15) is 0 Å². The molecule has 1 unspecified atom stereocenters. The highest BCUT2D eigenvalue weighted by Gasteiger charge is 2.02. The van der Waals surface area contributed by atoms with Crippen LogP contribution in [0.3, 0.4) is 0 Å². The Morgan fingerprint density at radius 1 is 0.800 bits per heavy atom. The van der Waals surface area contributed by atoms with Gasteiger partial charge in [0.25, 0.3) is 0 Å². The summed E-state index contributed by atoms with van der Waals surface area (Å²) < 4.78 is 0. The summed E-state index contributed by atoms with van der Waals surface area (Å²) in [6.07, 6.45) is 17.6. The average molecular weight is 282 g/mol. The van der Waals surface area contributed by atoms with Crippen molar-refractivity contribution in [1.82, 2.24) is 5.32 Å². The predicted molar refractivity (Wildman–Crippen MR) is 93.1 cm³/mol. The standard InChI is InChI=1S/C19H39N/c1-5-7-9-10-11-12-13-15-17-19(4)20-18(3)16-14-8-6-2/h19-20H,3,5-17H2,1-2,4H3. The molecule has 0 aliphatic rings. The van der Waals surface area contributed by atoms with E-state index in [1.807, 2.05) is 0 Å². The zero-order valence-corrected chi connectivity index (χ0v) is 14.5. The fourth-order valence-electron chi connectivity index (χ4n) is 2.67. The minimum Gasteiger partial charge on any atom is -0.386 e. The van der Waals surface area contributed by atoms with Crippen LogP contribution >= 0.6 is 0 Å². The van der Waals surface area contributed by atoms with Crippen molar-refractivity contribution in [2.75, 3.05) is 0 Å². The molecule has 0 radical (unpaired) electrons. The van der Waals surface area contributed by atoms with Crippen LogP contribution < -0.4 is 5.32 Å². The smallest absolute Gasteiger partial charge is 0.0229 e. The number of allylic oxidation sites excluding steroid dienone is 1. The molecular weight excluding hydrogens is 242 g/mol. The molecule has 0 amide bonds. The molecule has 0 spiro atoms. The van der Waals surface area contributed by atoms with Crippen molar-refractivity contribution >= 4 is 0 Å². The third-order valence-corrected chi connectivity index (χ3v) is 4.02. The van der Waals surface area contributed by atoms with E-state index < -0.39 is 0 Å². The van der Waals surface area contributed by atoms with E-state index in [1.165, 1.54) is 82.7 Å². The molecule has 0 aliphatic heterocycles. The van der Waals surface area contributed by atoms with Crippen LogP contribution in [-0.2, 0) is 0 Å². The summed E-state index contributed by atoms with van der Waals surface area (Å²) in [7, 11) is 0. The summed E-state index contributed by atoms with van der Waals surface area (Å²) in [4.78, 5) is 0. The fourth-order valence-corrected chi connectivity index (χ4v) is 2.67. The zero-order chi connectivity index (χ0) is 15.1. The third-order valence-electron chi connectivity index (χ3n) is 4.02. The molecule has 20 heavy (non-hydrogen) atoms. The van der Waals surface area contributed by atoms with Crippen molar-refractivity contribution in [3.05, 3.63) is 12.3 Å². The number of nitrogens with one attached hydrogen (secondary N) is 1. The van der Waals surface area contributed by atoms with Gasteiger partial charge in [-0.05, 0) is 26.2 Å². The van der Waals surface area contributed by atoms with Crippen LogP contribution in [0.4, 0.5) is 0 Å². The fraction of sp³-hybridized carbons (Fsp3) is 0.895. The van der Waals surface area contributed by atoms with Gasteiger partial charge in [0.2, 0.25) is 0 Å². The number of hydrogen-bond acceptors (Lipinski definition) is 1. The van der Waals surface area contributed by atoms with E-state index in [0.29, 0.717) is 6.04 Å². The lowest BCUT2D eigenvalue weighted by molar-refractivity contribution is 0.498. The van der Waals surface area contributed by atoms with E-state index in [4.69, 9.17) is 0 Å². The van der Waals surface area contributed by atoms with Crippen LogP contribution in [0.25, 0.3) is 0 Å². The van der Waals surface area contributed by atoms with E-state index >= 15 is 0 Å². The van der Waals surface area contributed by atoms with E-state index in [0.717, 1.165) is 6.42 Å². The van der Waals surface area contributed by atoms with E-state index in [1.54, 1.807) is 0 Å². The maximum Gasteiger partial charge on any atom is 0.0229 e. The van der Waals surface area contributed by atoms with Gasteiger partial charge in [-0.25, -0.2) is 0 Å². The molecule has 0 heterocycles. The topological polar surface area (TPSA) is 12.0 Å². The summed E-state index contributed by atoms with van der Waals surface area (Å²) in [6.45, 7) is 11.0.